The summed E-state index contributed by atoms with van der Waals surface area (Å²) in [6.07, 6.45) is 0. The molecule has 1 rings (SSSR count). The van der Waals surface area contributed by atoms with Crippen molar-refractivity contribution in [1.29, 1.82) is 0 Å². The zero-order chi connectivity index (χ0) is 10.7. The first-order valence-corrected chi connectivity index (χ1v) is 4.37. The first kappa shape index (κ1) is 10.7. The Kier molecular flexibility index (Phi) is 3.25. The van der Waals surface area contributed by atoms with Crippen LogP contribution in [0.2, 0.25) is 5.02 Å². The lowest BCUT2D eigenvalue weighted by atomic mass is 10.1. The monoisotopic (exact) mass is 212 g/mol. The summed E-state index contributed by atoms with van der Waals surface area (Å²) < 4.78 is 4.80. The van der Waals surface area contributed by atoms with Gasteiger partial charge in [-0.1, -0.05) is 11.6 Å². The number of carbonyl (C=O) groups excluding carboxylic acids is 2. The van der Waals surface area contributed by atoms with Crippen molar-refractivity contribution in [1.82, 2.24) is 0 Å². The van der Waals surface area contributed by atoms with Crippen LogP contribution in [0, 0.1) is 0 Å². The molecule has 0 radical (unpaired) electrons. The van der Waals surface area contributed by atoms with Crippen LogP contribution in [0.4, 0.5) is 0 Å². The summed E-state index contributed by atoms with van der Waals surface area (Å²) in [6.45, 7) is 2.72. The van der Waals surface area contributed by atoms with Gasteiger partial charge in [-0.05, 0) is 19.1 Å². The first-order valence-electron chi connectivity index (χ1n) is 3.99. The van der Waals surface area contributed by atoms with E-state index in [-0.39, 0.29) is 10.8 Å². The van der Waals surface area contributed by atoms with E-state index >= 15 is 0 Å². The average Bonchev–Trinajstić information content (AvgIpc) is 2.01. The fourth-order valence-corrected chi connectivity index (χ4v) is 1.31. The van der Waals surface area contributed by atoms with Crippen molar-refractivity contribution >= 4 is 23.4 Å². The summed E-state index contributed by atoms with van der Waals surface area (Å²) in [5, 5.41) is 0.288. The number of Topliss-reactive ketones (excluding diaryl/α,β-unsaturated/α-hetero) is 1. The predicted molar refractivity (Wildman–Crippen MR) is 52.8 cm³/mol. The molecule has 3 nitrogen and oxygen atoms in total. The van der Waals surface area contributed by atoms with Crippen molar-refractivity contribution in [2.75, 3.05) is 0 Å². The van der Waals surface area contributed by atoms with Crippen molar-refractivity contribution in [2.45, 2.75) is 13.8 Å². The lowest BCUT2D eigenvalue weighted by molar-refractivity contribution is -0.131. The highest BCUT2D eigenvalue weighted by Crippen LogP contribution is 2.22. The number of ether oxygens (including phenoxy) is 1. The SMILES string of the molecule is CC(=O)Oc1ccc(C(C)=O)c(Cl)c1. The minimum atomic E-state index is -0.420. The third kappa shape index (κ3) is 2.57. The molecule has 1 aromatic carbocycles. The molecular weight excluding hydrogens is 204 g/mol. The number of hydrogen-bond acceptors (Lipinski definition) is 3. The molecule has 14 heavy (non-hydrogen) atoms. The van der Waals surface area contributed by atoms with Gasteiger partial charge in [-0.2, -0.15) is 0 Å². The van der Waals surface area contributed by atoms with E-state index in [0.717, 1.165) is 0 Å². The first-order chi connectivity index (χ1) is 6.50. The molecule has 0 aliphatic rings. The summed E-state index contributed by atoms with van der Waals surface area (Å²) in [5.41, 5.74) is 0.419. The van der Waals surface area contributed by atoms with Crippen molar-refractivity contribution < 1.29 is 14.3 Å². The van der Waals surface area contributed by atoms with Crippen LogP contribution < -0.4 is 4.74 Å². The molecule has 0 heterocycles. The molecular formula is C10H9ClO3. The van der Waals surface area contributed by atoms with Crippen molar-refractivity contribution in [3.05, 3.63) is 28.8 Å². The Morgan fingerprint density at radius 3 is 2.36 bits per heavy atom. The Balaban J connectivity index is 3.00. The molecule has 74 valence electrons. The minimum Gasteiger partial charge on any atom is -0.427 e. The number of carbonyl (C=O) groups is 2. The predicted octanol–water partition coefficient (Wildman–Crippen LogP) is 2.47. The Labute approximate surface area is 86.6 Å². The van der Waals surface area contributed by atoms with E-state index in [1.165, 1.54) is 32.0 Å². The molecule has 0 aliphatic carbocycles. The van der Waals surface area contributed by atoms with Gasteiger partial charge >= 0.3 is 5.97 Å². The normalized spacial score (nSPS) is 9.64. The maximum Gasteiger partial charge on any atom is 0.308 e. The van der Waals surface area contributed by atoms with Gasteiger partial charge in [-0.3, -0.25) is 9.59 Å². The maximum absolute atomic E-state index is 11.0. The van der Waals surface area contributed by atoms with Gasteiger partial charge in [0.2, 0.25) is 0 Å². The number of esters is 1. The molecule has 0 saturated heterocycles. The van der Waals surface area contributed by atoms with Crippen LogP contribution in [0.1, 0.15) is 24.2 Å². The Hall–Kier alpha value is -1.35. The van der Waals surface area contributed by atoms with Crippen molar-refractivity contribution in [2.24, 2.45) is 0 Å². The van der Waals surface area contributed by atoms with Crippen molar-refractivity contribution in [3.63, 3.8) is 0 Å². The third-order valence-electron chi connectivity index (χ3n) is 1.58. The fraction of sp³-hybridized carbons (Fsp3) is 0.200. The van der Waals surface area contributed by atoms with Crippen molar-refractivity contribution in [3.8, 4) is 5.75 Å². The Morgan fingerprint density at radius 2 is 1.93 bits per heavy atom. The standard InChI is InChI=1S/C10H9ClO3/c1-6(12)9-4-3-8(5-10(9)11)14-7(2)13/h3-5H,1-2H3. The molecule has 0 aliphatic heterocycles. The fourth-order valence-electron chi connectivity index (χ4n) is 1.01. The highest BCUT2D eigenvalue weighted by Gasteiger charge is 2.07. The van der Waals surface area contributed by atoms with Crippen LogP contribution in [0.15, 0.2) is 18.2 Å². The van der Waals surface area contributed by atoms with Gasteiger partial charge < -0.3 is 4.74 Å². The minimum absolute atomic E-state index is 0.121. The topological polar surface area (TPSA) is 43.4 Å². The second kappa shape index (κ2) is 4.24. The van der Waals surface area contributed by atoms with Gasteiger partial charge in [0.05, 0.1) is 5.02 Å². The Morgan fingerprint density at radius 1 is 1.29 bits per heavy atom. The summed E-state index contributed by atoms with van der Waals surface area (Å²) in [6, 6.07) is 4.51. The molecule has 1 aromatic rings. The van der Waals surface area contributed by atoms with E-state index in [9.17, 15) is 9.59 Å². The molecule has 0 spiro atoms. The molecule has 0 saturated carbocycles. The Bertz CT molecular complexity index is 385. The largest absolute Gasteiger partial charge is 0.427 e. The van der Waals surface area contributed by atoms with Crippen LogP contribution in [0.25, 0.3) is 0 Å². The smallest absolute Gasteiger partial charge is 0.308 e. The van der Waals surface area contributed by atoms with E-state index in [0.29, 0.717) is 11.3 Å². The number of hydrogen-bond donors (Lipinski definition) is 0. The molecule has 4 heteroatoms. The molecule has 0 bridgehead atoms. The van der Waals surface area contributed by atoms with Crippen LogP contribution in [0.5, 0.6) is 5.75 Å². The zero-order valence-corrected chi connectivity index (χ0v) is 8.59. The van der Waals surface area contributed by atoms with Crippen LogP contribution >= 0.6 is 11.6 Å². The number of benzene rings is 1. The summed E-state index contributed by atoms with van der Waals surface area (Å²) >= 11 is 5.80. The van der Waals surface area contributed by atoms with Gasteiger partial charge in [0.25, 0.3) is 0 Å². The number of rotatable bonds is 2. The molecule has 0 fully saturated rings. The van der Waals surface area contributed by atoms with E-state index in [1.54, 1.807) is 0 Å². The molecule has 0 atom stereocenters. The van der Waals surface area contributed by atoms with E-state index < -0.39 is 5.97 Å². The van der Waals surface area contributed by atoms with Gasteiger partial charge in [-0.15, -0.1) is 0 Å². The molecule has 0 N–H and O–H groups in total. The quantitative estimate of drug-likeness (QED) is 0.430. The average molecular weight is 213 g/mol. The molecule has 0 aromatic heterocycles. The highest BCUT2D eigenvalue weighted by molar-refractivity contribution is 6.34. The number of halogens is 1. The van der Waals surface area contributed by atoms with E-state index in [1.807, 2.05) is 0 Å². The van der Waals surface area contributed by atoms with E-state index in [2.05, 4.69) is 0 Å². The van der Waals surface area contributed by atoms with Crippen LogP contribution in [-0.4, -0.2) is 11.8 Å². The summed E-state index contributed by atoms with van der Waals surface area (Å²) in [7, 11) is 0. The zero-order valence-electron chi connectivity index (χ0n) is 7.83. The molecule has 0 unspecified atom stereocenters. The third-order valence-corrected chi connectivity index (χ3v) is 1.89. The van der Waals surface area contributed by atoms with Gasteiger partial charge in [0, 0.05) is 18.6 Å². The maximum atomic E-state index is 11.0. The lowest BCUT2D eigenvalue weighted by Gasteiger charge is -2.03. The summed E-state index contributed by atoms with van der Waals surface area (Å²) in [4.78, 5) is 21.6. The van der Waals surface area contributed by atoms with Crippen LogP contribution in [-0.2, 0) is 4.79 Å². The second-order valence-corrected chi connectivity index (χ2v) is 3.20. The second-order valence-electron chi connectivity index (χ2n) is 2.79. The highest BCUT2D eigenvalue weighted by atomic mass is 35.5. The van der Waals surface area contributed by atoms with Gasteiger partial charge in [0.15, 0.2) is 5.78 Å². The van der Waals surface area contributed by atoms with Gasteiger partial charge in [-0.25, -0.2) is 0 Å². The van der Waals surface area contributed by atoms with Gasteiger partial charge in [0.1, 0.15) is 5.75 Å². The van der Waals surface area contributed by atoms with E-state index in [4.69, 9.17) is 16.3 Å². The number of ketones is 1. The lowest BCUT2D eigenvalue weighted by Crippen LogP contribution is -2.02. The molecule has 0 amide bonds. The summed E-state index contributed by atoms with van der Waals surface area (Å²) in [5.74, 6) is -0.200. The van der Waals surface area contributed by atoms with Crippen LogP contribution in [0.3, 0.4) is 0 Å².